The SMILES string of the molecule is OC[C@@H](O)[C@H]1OC(c2ccc(Cl)c(Cl)c2)O[C@H]2COC3(C=C4CCCCC4=CC3)O[C@@H]12. The van der Waals surface area contributed by atoms with E-state index in [4.69, 9.17) is 42.1 Å². The molecule has 31 heavy (non-hydrogen) atoms. The Balaban J connectivity index is 1.40. The first-order chi connectivity index (χ1) is 15.0. The molecule has 2 saturated heterocycles. The number of benzene rings is 1. The molecule has 1 aromatic rings. The maximum atomic E-state index is 10.5. The van der Waals surface area contributed by atoms with Crippen molar-refractivity contribution in [3.8, 4) is 0 Å². The first-order valence-corrected chi connectivity index (χ1v) is 11.5. The molecule has 1 saturated carbocycles. The summed E-state index contributed by atoms with van der Waals surface area (Å²) in [6.07, 6.45) is 5.60. The Morgan fingerprint density at radius 2 is 1.90 bits per heavy atom. The number of aliphatic hydroxyl groups excluding tert-OH is 2. The zero-order valence-electron chi connectivity index (χ0n) is 17.0. The van der Waals surface area contributed by atoms with Crippen LogP contribution in [0.2, 0.25) is 10.0 Å². The number of allylic oxidation sites excluding steroid dienone is 2. The van der Waals surface area contributed by atoms with Crippen molar-refractivity contribution >= 4 is 23.2 Å². The predicted molar refractivity (Wildman–Crippen MR) is 115 cm³/mol. The van der Waals surface area contributed by atoms with Gasteiger partial charge in [0.05, 0.1) is 23.3 Å². The summed E-state index contributed by atoms with van der Waals surface area (Å²) < 4.78 is 24.8. The molecular weight excluding hydrogens is 443 g/mol. The summed E-state index contributed by atoms with van der Waals surface area (Å²) in [5.74, 6) is -0.895. The highest BCUT2D eigenvalue weighted by Gasteiger charge is 2.52. The van der Waals surface area contributed by atoms with Crippen LogP contribution >= 0.6 is 23.2 Å². The van der Waals surface area contributed by atoms with Crippen molar-refractivity contribution < 1.29 is 29.2 Å². The summed E-state index contributed by atoms with van der Waals surface area (Å²) in [7, 11) is 0. The number of ether oxygens (including phenoxy) is 4. The molecule has 4 aliphatic rings. The number of hydrogen-bond acceptors (Lipinski definition) is 6. The minimum absolute atomic E-state index is 0.285. The molecule has 8 heteroatoms. The van der Waals surface area contributed by atoms with E-state index in [0.717, 1.165) is 19.3 Å². The lowest BCUT2D eigenvalue weighted by Gasteiger charge is -2.51. The molecule has 2 aliphatic carbocycles. The van der Waals surface area contributed by atoms with E-state index in [1.165, 1.54) is 17.6 Å². The maximum Gasteiger partial charge on any atom is 0.192 e. The zero-order chi connectivity index (χ0) is 21.6. The predicted octanol–water partition coefficient (Wildman–Crippen LogP) is 4.07. The summed E-state index contributed by atoms with van der Waals surface area (Å²) in [6, 6.07) is 5.10. The molecule has 2 heterocycles. The van der Waals surface area contributed by atoms with Crippen LogP contribution in [0.25, 0.3) is 0 Å². The van der Waals surface area contributed by atoms with Crippen LogP contribution in [0.4, 0.5) is 0 Å². The molecule has 2 N–H and O–H groups in total. The van der Waals surface area contributed by atoms with Crippen LogP contribution in [0.3, 0.4) is 0 Å². The molecule has 1 aromatic carbocycles. The third-order valence-corrected chi connectivity index (χ3v) is 7.20. The van der Waals surface area contributed by atoms with Gasteiger partial charge in [-0.25, -0.2) is 0 Å². The normalized spacial score (nSPS) is 36.3. The number of halogens is 2. The summed E-state index contributed by atoms with van der Waals surface area (Å²) >= 11 is 12.2. The van der Waals surface area contributed by atoms with Crippen LogP contribution in [-0.4, -0.2) is 53.6 Å². The zero-order valence-corrected chi connectivity index (χ0v) is 18.5. The molecule has 3 fully saturated rings. The molecule has 0 amide bonds. The monoisotopic (exact) mass is 468 g/mol. The summed E-state index contributed by atoms with van der Waals surface area (Å²) in [6.45, 7) is -0.169. The van der Waals surface area contributed by atoms with E-state index < -0.39 is 43.1 Å². The van der Waals surface area contributed by atoms with Crippen molar-refractivity contribution in [1.82, 2.24) is 0 Å². The van der Waals surface area contributed by atoms with Crippen LogP contribution in [-0.2, 0) is 18.9 Å². The molecule has 2 unspecified atom stereocenters. The van der Waals surface area contributed by atoms with Crippen molar-refractivity contribution in [2.75, 3.05) is 13.2 Å². The van der Waals surface area contributed by atoms with E-state index in [0.29, 0.717) is 22.0 Å². The highest BCUT2D eigenvalue weighted by atomic mass is 35.5. The van der Waals surface area contributed by atoms with E-state index in [9.17, 15) is 10.2 Å². The fourth-order valence-corrected chi connectivity index (χ4v) is 5.12. The quantitative estimate of drug-likeness (QED) is 0.695. The van der Waals surface area contributed by atoms with Gasteiger partial charge < -0.3 is 29.2 Å². The fraction of sp³-hybridized carbons (Fsp3) is 0.565. The molecule has 168 valence electrons. The lowest BCUT2D eigenvalue weighted by atomic mass is 9.83. The summed E-state index contributed by atoms with van der Waals surface area (Å²) in [5.41, 5.74) is 3.33. The standard InChI is InChI=1S/C23H26Cl2O6/c24-16-6-5-14(9-17(16)25)22-29-19-12-28-23(31-21(19)20(30-22)18(27)11-26)8-7-13-3-1-2-4-15(13)10-23/h5-7,9-10,18-22,26-27H,1-4,8,11-12H2/t18-,19+,20-,21-,22?,23?/m1/s1. The summed E-state index contributed by atoms with van der Waals surface area (Å²) in [5, 5.41) is 21.0. The first kappa shape index (κ1) is 21.9. The molecule has 0 radical (unpaired) electrons. The second kappa shape index (κ2) is 8.76. The van der Waals surface area contributed by atoms with E-state index >= 15 is 0 Å². The Kier molecular flexibility index (Phi) is 6.18. The smallest absolute Gasteiger partial charge is 0.192 e. The van der Waals surface area contributed by atoms with E-state index in [1.54, 1.807) is 18.2 Å². The van der Waals surface area contributed by atoms with E-state index in [1.807, 2.05) is 0 Å². The lowest BCUT2D eigenvalue weighted by molar-refractivity contribution is -0.390. The molecule has 2 aliphatic heterocycles. The van der Waals surface area contributed by atoms with Gasteiger partial charge in [-0.1, -0.05) is 35.3 Å². The third-order valence-electron chi connectivity index (χ3n) is 6.46. The second-order valence-electron chi connectivity index (χ2n) is 8.55. The van der Waals surface area contributed by atoms with Crippen LogP contribution in [0.5, 0.6) is 0 Å². The third kappa shape index (κ3) is 4.21. The molecule has 5 rings (SSSR count). The van der Waals surface area contributed by atoms with Crippen LogP contribution in [0, 0.1) is 0 Å². The van der Waals surface area contributed by atoms with Crippen molar-refractivity contribution in [1.29, 1.82) is 0 Å². The Bertz CT molecular complexity index is 902. The van der Waals surface area contributed by atoms with E-state index in [2.05, 4.69) is 12.2 Å². The van der Waals surface area contributed by atoms with Crippen LogP contribution < -0.4 is 0 Å². The molecule has 1 spiro atoms. The highest BCUT2D eigenvalue weighted by Crippen LogP contribution is 2.44. The largest absolute Gasteiger partial charge is 0.394 e. The average molecular weight is 469 g/mol. The van der Waals surface area contributed by atoms with Gasteiger partial charge in [0.25, 0.3) is 0 Å². The molecule has 6 atom stereocenters. The minimum atomic E-state index is -1.13. The van der Waals surface area contributed by atoms with Gasteiger partial charge in [-0.3, -0.25) is 0 Å². The topological polar surface area (TPSA) is 77.4 Å². The Morgan fingerprint density at radius 3 is 2.68 bits per heavy atom. The first-order valence-electron chi connectivity index (χ1n) is 10.8. The Hall–Kier alpha value is -0.960. The summed E-state index contributed by atoms with van der Waals surface area (Å²) in [4.78, 5) is 0. The second-order valence-corrected chi connectivity index (χ2v) is 9.36. The Morgan fingerprint density at radius 1 is 1.10 bits per heavy atom. The average Bonchev–Trinajstić information content (AvgIpc) is 2.79. The van der Waals surface area contributed by atoms with Gasteiger partial charge in [-0.05, 0) is 55.0 Å². The molecule has 0 aromatic heterocycles. The number of aliphatic hydroxyl groups is 2. The van der Waals surface area contributed by atoms with Crippen molar-refractivity contribution in [3.63, 3.8) is 0 Å². The maximum absolute atomic E-state index is 10.5. The highest BCUT2D eigenvalue weighted by molar-refractivity contribution is 6.42. The number of hydrogen-bond donors (Lipinski definition) is 2. The van der Waals surface area contributed by atoms with E-state index in [-0.39, 0.29) is 6.61 Å². The van der Waals surface area contributed by atoms with Crippen molar-refractivity contribution in [2.45, 2.75) is 68.6 Å². The number of fused-ring (bicyclic) bond motifs is 2. The van der Waals surface area contributed by atoms with Crippen LogP contribution in [0.1, 0.15) is 44.0 Å². The van der Waals surface area contributed by atoms with Gasteiger partial charge in [-0.2, -0.15) is 0 Å². The lowest BCUT2D eigenvalue weighted by Crippen LogP contribution is -2.62. The Labute approximate surface area is 191 Å². The minimum Gasteiger partial charge on any atom is -0.394 e. The van der Waals surface area contributed by atoms with Crippen LogP contribution in [0.15, 0.2) is 41.5 Å². The van der Waals surface area contributed by atoms with Gasteiger partial charge in [0.2, 0.25) is 0 Å². The van der Waals surface area contributed by atoms with Gasteiger partial charge in [0.15, 0.2) is 12.1 Å². The van der Waals surface area contributed by atoms with Gasteiger partial charge in [0.1, 0.15) is 24.4 Å². The van der Waals surface area contributed by atoms with Gasteiger partial charge in [-0.15, -0.1) is 0 Å². The van der Waals surface area contributed by atoms with Crippen molar-refractivity contribution in [2.24, 2.45) is 0 Å². The molecule has 6 nitrogen and oxygen atoms in total. The number of rotatable bonds is 3. The van der Waals surface area contributed by atoms with Crippen molar-refractivity contribution in [3.05, 3.63) is 57.1 Å². The molecule has 0 bridgehead atoms. The molecular formula is C23H26Cl2O6. The van der Waals surface area contributed by atoms with Gasteiger partial charge in [0, 0.05) is 12.0 Å². The fourth-order valence-electron chi connectivity index (χ4n) is 4.82. The van der Waals surface area contributed by atoms with Gasteiger partial charge >= 0.3 is 0 Å².